The molecule has 2 unspecified atom stereocenters. The van der Waals surface area contributed by atoms with Crippen LogP contribution in [-0.2, 0) is 16.1 Å². The van der Waals surface area contributed by atoms with E-state index in [1.807, 2.05) is 19.9 Å². The molecule has 0 radical (unpaired) electrons. The van der Waals surface area contributed by atoms with Gasteiger partial charge in [-0.25, -0.2) is 4.39 Å². The first kappa shape index (κ1) is 19.4. The third kappa shape index (κ3) is 5.01. The Kier molecular flexibility index (Phi) is 6.53. The third-order valence-corrected chi connectivity index (χ3v) is 5.06. The number of nitrogens with zero attached hydrogens (tertiary/aromatic N) is 1. The first-order chi connectivity index (χ1) is 11.8. The van der Waals surface area contributed by atoms with Crippen molar-refractivity contribution in [3.8, 4) is 0 Å². The maximum Gasteiger partial charge on any atom is 0.226 e. The molecule has 3 N–H and O–H groups in total. The third-order valence-electron chi connectivity index (χ3n) is 5.06. The first-order valence-electron chi connectivity index (χ1n) is 8.86. The molecule has 1 aromatic carbocycles. The predicted octanol–water partition coefficient (Wildman–Crippen LogP) is 1.97. The van der Waals surface area contributed by atoms with Gasteiger partial charge in [-0.1, -0.05) is 19.1 Å². The van der Waals surface area contributed by atoms with Crippen LogP contribution in [0.25, 0.3) is 0 Å². The van der Waals surface area contributed by atoms with Gasteiger partial charge >= 0.3 is 0 Å². The number of nitrogens with one attached hydrogen (secondary N) is 1. The van der Waals surface area contributed by atoms with Gasteiger partial charge in [0.2, 0.25) is 11.8 Å². The molecule has 5 nitrogen and oxygen atoms in total. The van der Waals surface area contributed by atoms with Crippen molar-refractivity contribution < 1.29 is 14.0 Å². The van der Waals surface area contributed by atoms with Crippen molar-refractivity contribution in [1.82, 2.24) is 10.2 Å². The fourth-order valence-electron chi connectivity index (χ4n) is 2.95. The molecule has 138 valence electrons. The van der Waals surface area contributed by atoms with Crippen LogP contribution in [0.3, 0.4) is 0 Å². The SMILES string of the molecule is Cc1ccc(CNC(=O)C2CCN(C(=O)C(C)C(C)N)CC2)cc1F. The number of piperidine rings is 1. The van der Waals surface area contributed by atoms with Crippen LogP contribution in [0.5, 0.6) is 0 Å². The summed E-state index contributed by atoms with van der Waals surface area (Å²) in [4.78, 5) is 26.4. The lowest BCUT2D eigenvalue weighted by Gasteiger charge is -2.33. The number of halogens is 1. The number of likely N-dealkylation sites (tertiary alicyclic amines) is 1. The summed E-state index contributed by atoms with van der Waals surface area (Å²) in [6, 6.07) is 4.80. The highest BCUT2D eigenvalue weighted by atomic mass is 19.1. The molecular formula is C19H28FN3O2. The van der Waals surface area contributed by atoms with E-state index in [2.05, 4.69) is 5.32 Å². The fraction of sp³-hybridized carbons (Fsp3) is 0.579. The molecule has 1 aliphatic heterocycles. The van der Waals surface area contributed by atoms with E-state index in [4.69, 9.17) is 5.73 Å². The van der Waals surface area contributed by atoms with Crippen LogP contribution in [0.1, 0.15) is 37.8 Å². The number of hydrogen-bond acceptors (Lipinski definition) is 3. The lowest BCUT2D eigenvalue weighted by atomic mass is 9.94. The van der Waals surface area contributed by atoms with Crippen LogP contribution in [0, 0.1) is 24.6 Å². The van der Waals surface area contributed by atoms with Gasteiger partial charge in [-0.2, -0.15) is 0 Å². The number of carbonyl (C=O) groups is 2. The normalized spacial score (nSPS) is 17.9. The number of carbonyl (C=O) groups excluding carboxylic acids is 2. The summed E-state index contributed by atoms with van der Waals surface area (Å²) >= 11 is 0. The summed E-state index contributed by atoms with van der Waals surface area (Å²) in [6.45, 7) is 6.85. The number of rotatable bonds is 5. The highest BCUT2D eigenvalue weighted by molar-refractivity contribution is 5.81. The second kappa shape index (κ2) is 8.43. The Labute approximate surface area is 148 Å². The molecule has 1 fully saturated rings. The van der Waals surface area contributed by atoms with E-state index < -0.39 is 0 Å². The van der Waals surface area contributed by atoms with Gasteiger partial charge in [-0.3, -0.25) is 9.59 Å². The summed E-state index contributed by atoms with van der Waals surface area (Å²) in [6.07, 6.45) is 1.29. The van der Waals surface area contributed by atoms with Gasteiger partial charge in [-0.05, 0) is 43.9 Å². The van der Waals surface area contributed by atoms with E-state index in [1.165, 1.54) is 6.07 Å². The molecule has 25 heavy (non-hydrogen) atoms. The van der Waals surface area contributed by atoms with E-state index in [9.17, 15) is 14.0 Å². The summed E-state index contributed by atoms with van der Waals surface area (Å²) in [7, 11) is 0. The fourth-order valence-corrected chi connectivity index (χ4v) is 2.95. The maximum atomic E-state index is 13.5. The van der Waals surface area contributed by atoms with E-state index in [0.29, 0.717) is 38.0 Å². The molecule has 1 aliphatic rings. The molecular weight excluding hydrogens is 321 g/mol. The lowest BCUT2D eigenvalue weighted by Crippen LogP contribution is -2.47. The predicted molar refractivity (Wildman–Crippen MR) is 95.1 cm³/mol. The molecule has 0 bridgehead atoms. The van der Waals surface area contributed by atoms with E-state index in [0.717, 1.165) is 5.56 Å². The summed E-state index contributed by atoms with van der Waals surface area (Å²) in [5, 5.41) is 2.87. The minimum atomic E-state index is -0.262. The maximum absolute atomic E-state index is 13.5. The minimum absolute atomic E-state index is 0.0340. The van der Waals surface area contributed by atoms with Crippen LogP contribution in [0.15, 0.2) is 18.2 Å². The second-order valence-electron chi connectivity index (χ2n) is 7.05. The largest absolute Gasteiger partial charge is 0.352 e. The minimum Gasteiger partial charge on any atom is -0.352 e. The number of benzene rings is 1. The molecule has 0 aliphatic carbocycles. The molecule has 2 rings (SSSR count). The van der Waals surface area contributed by atoms with Crippen molar-refractivity contribution in [2.24, 2.45) is 17.6 Å². The molecule has 0 saturated carbocycles. The quantitative estimate of drug-likeness (QED) is 0.853. The van der Waals surface area contributed by atoms with Gasteiger partial charge in [0.1, 0.15) is 5.82 Å². The van der Waals surface area contributed by atoms with Crippen LogP contribution in [0.4, 0.5) is 4.39 Å². The van der Waals surface area contributed by atoms with Gasteiger partial charge in [0, 0.05) is 31.6 Å². The number of hydrogen-bond donors (Lipinski definition) is 2. The molecule has 1 saturated heterocycles. The van der Waals surface area contributed by atoms with E-state index >= 15 is 0 Å². The van der Waals surface area contributed by atoms with Gasteiger partial charge in [-0.15, -0.1) is 0 Å². The van der Waals surface area contributed by atoms with Crippen molar-refractivity contribution in [1.29, 1.82) is 0 Å². The van der Waals surface area contributed by atoms with Crippen LogP contribution >= 0.6 is 0 Å². The van der Waals surface area contributed by atoms with Crippen molar-refractivity contribution >= 4 is 11.8 Å². The Morgan fingerprint density at radius 1 is 1.32 bits per heavy atom. The molecule has 1 heterocycles. The number of amides is 2. The summed E-state index contributed by atoms with van der Waals surface area (Å²) in [5.41, 5.74) is 7.13. The van der Waals surface area contributed by atoms with Crippen molar-refractivity contribution in [2.45, 2.75) is 46.2 Å². The lowest BCUT2D eigenvalue weighted by molar-refractivity contribution is -0.139. The molecule has 2 amide bonds. The number of nitrogens with two attached hydrogens (primary N) is 1. The summed E-state index contributed by atoms with van der Waals surface area (Å²) in [5.74, 6) is -0.550. The molecule has 0 spiro atoms. The zero-order valence-electron chi connectivity index (χ0n) is 15.2. The standard InChI is InChI=1S/C19H28FN3O2/c1-12-4-5-15(10-17(12)20)11-22-18(24)16-6-8-23(9-7-16)19(25)13(2)14(3)21/h4-5,10,13-14,16H,6-9,11,21H2,1-3H3,(H,22,24). The van der Waals surface area contributed by atoms with Crippen molar-refractivity contribution in [3.63, 3.8) is 0 Å². The molecule has 0 aromatic heterocycles. The zero-order chi connectivity index (χ0) is 18.6. The van der Waals surface area contributed by atoms with Crippen molar-refractivity contribution in [2.75, 3.05) is 13.1 Å². The highest BCUT2D eigenvalue weighted by Gasteiger charge is 2.30. The Hall–Kier alpha value is -1.95. The van der Waals surface area contributed by atoms with Gasteiger partial charge in [0.15, 0.2) is 0 Å². The van der Waals surface area contributed by atoms with Crippen LogP contribution < -0.4 is 11.1 Å². The van der Waals surface area contributed by atoms with Crippen molar-refractivity contribution in [3.05, 3.63) is 35.1 Å². The highest BCUT2D eigenvalue weighted by Crippen LogP contribution is 2.20. The Balaban J connectivity index is 1.81. The first-order valence-corrected chi connectivity index (χ1v) is 8.86. The van der Waals surface area contributed by atoms with Gasteiger partial charge in [0.25, 0.3) is 0 Å². The van der Waals surface area contributed by atoms with E-state index in [-0.39, 0.29) is 35.5 Å². The summed E-state index contributed by atoms with van der Waals surface area (Å²) < 4.78 is 13.5. The Bertz CT molecular complexity index is 625. The number of aryl methyl sites for hydroxylation is 1. The zero-order valence-corrected chi connectivity index (χ0v) is 15.2. The van der Waals surface area contributed by atoms with Gasteiger partial charge < -0.3 is 16.0 Å². The average molecular weight is 349 g/mol. The molecule has 6 heteroatoms. The average Bonchev–Trinajstić information content (AvgIpc) is 2.61. The van der Waals surface area contributed by atoms with Crippen LogP contribution in [0.2, 0.25) is 0 Å². The monoisotopic (exact) mass is 349 g/mol. The van der Waals surface area contributed by atoms with Gasteiger partial charge in [0.05, 0.1) is 5.92 Å². The second-order valence-corrected chi connectivity index (χ2v) is 7.05. The molecule has 2 atom stereocenters. The van der Waals surface area contributed by atoms with Crippen LogP contribution in [-0.4, -0.2) is 35.8 Å². The topological polar surface area (TPSA) is 75.4 Å². The Morgan fingerprint density at radius 2 is 1.96 bits per heavy atom. The van der Waals surface area contributed by atoms with E-state index in [1.54, 1.807) is 17.9 Å². The smallest absolute Gasteiger partial charge is 0.226 e. The molecule has 1 aromatic rings. The Morgan fingerprint density at radius 3 is 2.52 bits per heavy atom.